The van der Waals surface area contributed by atoms with Gasteiger partial charge in [0.25, 0.3) is 0 Å². The van der Waals surface area contributed by atoms with Crippen LogP contribution in [0.1, 0.15) is 60.0 Å². The van der Waals surface area contributed by atoms with Crippen LogP contribution in [0.25, 0.3) is 0 Å². The fraction of sp³-hybridized carbons (Fsp3) is 0.538. The lowest BCUT2D eigenvalue weighted by atomic mass is 9.95. The van der Waals surface area contributed by atoms with Crippen molar-refractivity contribution < 1.29 is 14.6 Å². The molecule has 2 unspecified atom stereocenters. The topological polar surface area (TPSA) is 62.7 Å². The van der Waals surface area contributed by atoms with Crippen molar-refractivity contribution in [1.29, 1.82) is 0 Å². The SMILES string of the molecule is O=C(CC[C@@H](O)CCC1Cc2ccccc2C1)c1ccc(N2CC3CCC(C2)O3)nc1. The molecule has 2 aromatic rings. The van der Waals surface area contributed by atoms with Crippen molar-refractivity contribution in [2.24, 2.45) is 5.92 Å². The highest BCUT2D eigenvalue weighted by Gasteiger charge is 2.34. The summed E-state index contributed by atoms with van der Waals surface area (Å²) in [7, 11) is 0. The molecule has 0 amide bonds. The first-order valence-corrected chi connectivity index (χ1v) is 11.8. The van der Waals surface area contributed by atoms with E-state index in [4.69, 9.17) is 4.74 Å². The van der Waals surface area contributed by atoms with Gasteiger partial charge in [-0.15, -0.1) is 0 Å². The van der Waals surface area contributed by atoms with E-state index in [1.807, 2.05) is 12.1 Å². The summed E-state index contributed by atoms with van der Waals surface area (Å²) in [4.78, 5) is 19.4. The lowest BCUT2D eigenvalue weighted by Gasteiger charge is -2.32. The van der Waals surface area contributed by atoms with E-state index >= 15 is 0 Å². The van der Waals surface area contributed by atoms with Crippen LogP contribution in [0.5, 0.6) is 0 Å². The third-order valence-electron chi connectivity index (χ3n) is 7.19. The number of aromatic nitrogens is 1. The maximum atomic E-state index is 12.6. The van der Waals surface area contributed by atoms with Crippen molar-refractivity contribution in [1.82, 2.24) is 4.98 Å². The van der Waals surface area contributed by atoms with Crippen LogP contribution in [0.15, 0.2) is 42.6 Å². The Kier molecular flexibility index (Phi) is 6.06. The summed E-state index contributed by atoms with van der Waals surface area (Å²) in [6, 6.07) is 12.5. The fourth-order valence-corrected chi connectivity index (χ4v) is 5.41. The second-order valence-corrected chi connectivity index (χ2v) is 9.50. The highest BCUT2D eigenvalue weighted by molar-refractivity contribution is 5.95. The van der Waals surface area contributed by atoms with Gasteiger partial charge < -0.3 is 14.7 Å². The standard InChI is InChI=1S/C26H32N2O3/c29-22(7-5-18-13-19-3-1-2-4-20(19)14-18)8-11-25(30)21-6-12-26(27-15-21)28-16-23-9-10-24(17-28)31-23/h1-4,6,12,15,18,22-24,29H,5,7-11,13-14,16-17H2/t22-,23?,24?/m0/s1. The van der Waals surface area contributed by atoms with E-state index in [1.165, 1.54) is 11.1 Å². The minimum atomic E-state index is -0.413. The van der Waals surface area contributed by atoms with Gasteiger partial charge in [-0.1, -0.05) is 24.3 Å². The molecule has 2 saturated heterocycles. The van der Waals surface area contributed by atoms with Gasteiger partial charge in [-0.05, 0) is 74.1 Å². The molecule has 3 heterocycles. The quantitative estimate of drug-likeness (QED) is 0.655. The lowest BCUT2D eigenvalue weighted by Crippen LogP contribution is -2.43. The number of carbonyl (C=O) groups excluding carboxylic acids is 1. The molecule has 3 aliphatic rings. The number of aliphatic hydroxyl groups is 1. The van der Waals surface area contributed by atoms with Crippen LogP contribution >= 0.6 is 0 Å². The van der Waals surface area contributed by atoms with Crippen LogP contribution in [0.2, 0.25) is 0 Å². The minimum Gasteiger partial charge on any atom is -0.393 e. The molecular weight excluding hydrogens is 388 g/mol. The third-order valence-corrected chi connectivity index (χ3v) is 7.19. The number of aliphatic hydroxyl groups excluding tert-OH is 1. The first-order chi connectivity index (χ1) is 15.1. The normalized spacial score (nSPS) is 23.7. The second-order valence-electron chi connectivity index (χ2n) is 9.50. The van der Waals surface area contributed by atoms with E-state index in [1.54, 1.807) is 6.20 Å². The Morgan fingerprint density at radius 2 is 1.77 bits per heavy atom. The van der Waals surface area contributed by atoms with Gasteiger partial charge in [-0.25, -0.2) is 4.98 Å². The zero-order valence-electron chi connectivity index (χ0n) is 18.1. The van der Waals surface area contributed by atoms with Crippen LogP contribution < -0.4 is 4.90 Å². The van der Waals surface area contributed by atoms with Gasteiger partial charge in [0.2, 0.25) is 0 Å². The monoisotopic (exact) mass is 420 g/mol. The summed E-state index contributed by atoms with van der Waals surface area (Å²) in [6.07, 6.45) is 9.09. The molecule has 0 spiro atoms. The maximum Gasteiger partial charge on any atom is 0.164 e. The van der Waals surface area contributed by atoms with Crippen LogP contribution in [-0.4, -0.2) is 47.3 Å². The number of pyridine rings is 1. The molecule has 164 valence electrons. The fourth-order valence-electron chi connectivity index (χ4n) is 5.41. The molecule has 1 aromatic heterocycles. The molecule has 1 aliphatic carbocycles. The molecule has 2 bridgehead atoms. The van der Waals surface area contributed by atoms with Gasteiger partial charge >= 0.3 is 0 Å². The smallest absolute Gasteiger partial charge is 0.164 e. The number of benzene rings is 1. The second kappa shape index (κ2) is 9.09. The Hall–Kier alpha value is -2.24. The average Bonchev–Trinajstić information content (AvgIpc) is 3.37. The summed E-state index contributed by atoms with van der Waals surface area (Å²) in [5, 5.41) is 10.4. The zero-order chi connectivity index (χ0) is 21.2. The number of anilines is 1. The van der Waals surface area contributed by atoms with Gasteiger partial charge in [0, 0.05) is 31.3 Å². The van der Waals surface area contributed by atoms with Crippen molar-refractivity contribution in [2.75, 3.05) is 18.0 Å². The van der Waals surface area contributed by atoms with E-state index in [0.717, 1.165) is 57.4 Å². The molecule has 2 aliphatic heterocycles. The van der Waals surface area contributed by atoms with Crippen LogP contribution in [0.4, 0.5) is 5.82 Å². The predicted molar refractivity (Wildman–Crippen MR) is 120 cm³/mol. The number of ether oxygens (including phenoxy) is 1. The van der Waals surface area contributed by atoms with E-state index in [-0.39, 0.29) is 5.78 Å². The Balaban J connectivity index is 1.06. The molecular formula is C26H32N2O3. The largest absolute Gasteiger partial charge is 0.393 e. The predicted octanol–water partition coefficient (Wildman–Crippen LogP) is 3.97. The van der Waals surface area contributed by atoms with Crippen molar-refractivity contribution in [2.45, 2.75) is 69.7 Å². The summed E-state index contributed by atoms with van der Waals surface area (Å²) >= 11 is 0. The number of Topliss-reactive ketones (excluding diaryl/α,β-unsaturated/α-hetero) is 1. The molecule has 1 aromatic carbocycles. The zero-order valence-corrected chi connectivity index (χ0v) is 18.1. The highest BCUT2D eigenvalue weighted by atomic mass is 16.5. The van der Waals surface area contributed by atoms with Crippen molar-refractivity contribution in [3.63, 3.8) is 0 Å². The van der Waals surface area contributed by atoms with E-state index in [0.29, 0.717) is 36.5 Å². The number of carbonyl (C=O) groups is 1. The molecule has 0 radical (unpaired) electrons. The summed E-state index contributed by atoms with van der Waals surface area (Å²) < 4.78 is 5.89. The lowest BCUT2D eigenvalue weighted by molar-refractivity contribution is 0.0302. The van der Waals surface area contributed by atoms with Crippen molar-refractivity contribution in [3.8, 4) is 0 Å². The number of morpholine rings is 1. The number of fused-ring (bicyclic) bond motifs is 3. The first-order valence-electron chi connectivity index (χ1n) is 11.8. The van der Waals surface area contributed by atoms with Gasteiger partial charge in [-0.3, -0.25) is 4.79 Å². The van der Waals surface area contributed by atoms with Gasteiger partial charge in [-0.2, -0.15) is 0 Å². The summed E-state index contributed by atoms with van der Waals surface area (Å²) in [5.74, 6) is 1.61. The number of hydrogen-bond donors (Lipinski definition) is 1. The van der Waals surface area contributed by atoms with E-state index in [2.05, 4.69) is 34.1 Å². The molecule has 31 heavy (non-hydrogen) atoms. The summed E-state index contributed by atoms with van der Waals surface area (Å²) in [6.45, 7) is 1.77. The molecule has 5 heteroatoms. The Morgan fingerprint density at radius 3 is 2.42 bits per heavy atom. The van der Waals surface area contributed by atoms with Gasteiger partial charge in [0.1, 0.15) is 5.82 Å². The number of rotatable bonds is 8. The third kappa shape index (κ3) is 4.83. The van der Waals surface area contributed by atoms with Crippen LogP contribution in [-0.2, 0) is 17.6 Å². The number of ketones is 1. The van der Waals surface area contributed by atoms with E-state index < -0.39 is 6.10 Å². The molecule has 0 saturated carbocycles. The number of hydrogen-bond acceptors (Lipinski definition) is 5. The van der Waals surface area contributed by atoms with Crippen molar-refractivity contribution in [3.05, 3.63) is 59.3 Å². The maximum absolute atomic E-state index is 12.6. The highest BCUT2D eigenvalue weighted by Crippen LogP contribution is 2.30. The van der Waals surface area contributed by atoms with E-state index in [9.17, 15) is 9.90 Å². The van der Waals surface area contributed by atoms with Gasteiger partial charge in [0.05, 0.1) is 18.3 Å². The van der Waals surface area contributed by atoms with Gasteiger partial charge in [0.15, 0.2) is 5.78 Å². The van der Waals surface area contributed by atoms with Crippen molar-refractivity contribution >= 4 is 11.6 Å². The van der Waals surface area contributed by atoms with Crippen LogP contribution in [0, 0.1) is 5.92 Å². The molecule has 2 fully saturated rings. The molecule has 5 nitrogen and oxygen atoms in total. The number of nitrogens with zero attached hydrogens (tertiary/aromatic N) is 2. The Bertz CT molecular complexity index is 876. The summed E-state index contributed by atoms with van der Waals surface area (Å²) in [5.41, 5.74) is 3.55. The Morgan fingerprint density at radius 1 is 1.06 bits per heavy atom. The minimum absolute atomic E-state index is 0.0634. The molecule has 5 rings (SSSR count). The Labute approximate surface area is 184 Å². The molecule has 1 N–H and O–H groups in total. The first kappa shape index (κ1) is 20.7. The van der Waals surface area contributed by atoms with Crippen LogP contribution in [0.3, 0.4) is 0 Å². The average molecular weight is 421 g/mol. The molecule has 3 atom stereocenters.